The molecule has 0 spiro atoms. The summed E-state index contributed by atoms with van der Waals surface area (Å²) in [5.74, 6) is 0.420. The summed E-state index contributed by atoms with van der Waals surface area (Å²) in [5.41, 5.74) is 15.3. The molecule has 0 amide bonds. The monoisotopic (exact) mass is 427 g/mol. The highest BCUT2D eigenvalue weighted by atomic mass is 15.0. The van der Waals surface area contributed by atoms with E-state index in [2.05, 4.69) is 70.4 Å². The van der Waals surface area contributed by atoms with E-state index in [4.69, 9.17) is 10.7 Å². The predicted molar refractivity (Wildman–Crippen MR) is 135 cm³/mol. The molecule has 0 aliphatic carbocycles. The number of rotatable bonds is 3. The van der Waals surface area contributed by atoms with Crippen molar-refractivity contribution in [2.45, 2.75) is 6.92 Å². The van der Waals surface area contributed by atoms with Gasteiger partial charge in [-0.25, -0.2) is 15.0 Å². The number of nitrogens with zero attached hydrogens (tertiary/aromatic N) is 3. The van der Waals surface area contributed by atoms with Crippen LogP contribution in [0.25, 0.3) is 55.6 Å². The highest BCUT2D eigenvalue weighted by molar-refractivity contribution is 6.12. The van der Waals surface area contributed by atoms with Crippen molar-refractivity contribution in [1.82, 2.24) is 19.9 Å². The number of benzene rings is 3. The Morgan fingerprint density at radius 2 is 1.52 bits per heavy atom. The number of H-pyrrole nitrogens is 1. The molecule has 0 atom stereocenters. The van der Waals surface area contributed by atoms with Crippen LogP contribution in [-0.2, 0) is 0 Å². The number of hydrogen-bond acceptors (Lipinski definition) is 4. The summed E-state index contributed by atoms with van der Waals surface area (Å²) in [5, 5.41) is 1.89. The Morgan fingerprint density at radius 3 is 2.27 bits per heavy atom. The normalized spacial score (nSPS) is 11.3. The number of hydrogen-bond donors (Lipinski definition) is 2. The summed E-state index contributed by atoms with van der Waals surface area (Å²) in [6.07, 6.45) is 1.47. The number of pyridine rings is 1. The summed E-state index contributed by atoms with van der Waals surface area (Å²) < 4.78 is 0. The van der Waals surface area contributed by atoms with Crippen molar-refractivity contribution < 1.29 is 0 Å². The molecule has 0 fully saturated rings. The smallest absolute Gasteiger partial charge is 0.165 e. The van der Waals surface area contributed by atoms with Crippen LogP contribution >= 0.6 is 0 Å². The minimum atomic E-state index is 0.420. The molecule has 0 saturated carbocycles. The van der Waals surface area contributed by atoms with Crippen LogP contribution in [0.15, 0.2) is 91.3 Å². The van der Waals surface area contributed by atoms with E-state index in [1.165, 1.54) is 11.9 Å². The van der Waals surface area contributed by atoms with E-state index in [9.17, 15) is 0 Å². The van der Waals surface area contributed by atoms with Gasteiger partial charge in [0.05, 0.1) is 16.8 Å². The third kappa shape index (κ3) is 3.22. The van der Waals surface area contributed by atoms with E-state index in [0.29, 0.717) is 11.5 Å². The molecule has 0 saturated heterocycles. The Labute approximate surface area is 191 Å². The minimum absolute atomic E-state index is 0.420. The van der Waals surface area contributed by atoms with Crippen LogP contribution in [0.1, 0.15) is 5.56 Å². The van der Waals surface area contributed by atoms with E-state index in [-0.39, 0.29) is 0 Å². The van der Waals surface area contributed by atoms with Gasteiger partial charge in [0, 0.05) is 27.6 Å². The van der Waals surface area contributed by atoms with Crippen molar-refractivity contribution in [3.63, 3.8) is 0 Å². The lowest BCUT2D eigenvalue weighted by Crippen LogP contribution is -1.99. The van der Waals surface area contributed by atoms with Crippen molar-refractivity contribution in [3.05, 3.63) is 96.8 Å². The summed E-state index contributed by atoms with van der Waals surface area (Å²) >= 11 is 0. The number of fused-ring (bicyclic) bond motifs is 2. The minimum Gasteiger partial charge on any atom is -0.383 e. The van der Waals surface area contributed by atoms with E-state index in [1.807, 2.05) is 36.4 Å². The van der Waals surface area contributed by atoms with E-state index in [0.717, 1.165) is 49.9 Å². The molecule has 6 aromatic rings. The quantitative estimate of drug-likeness (QED) is 0.342. The van der Waals surface area contributed by atoms with Crippen molar-refractivity contribution in [1.29, 1.82) is 0 Å². The van der Waals surface area contributed by atoms with Gasteiger partial charge in [0.15, 0.2) is 5.65 Å². The van der Waals surface area contributed by atoms with Gasteiger partial charge in [-0.3, -0.25) is 0 Å². The predicted octanol–water partition coefficient (Wildman–Crippen LogP) is 6.40. The summed E-state index contributed by atoms with van der Waals surface area (Å²) in [7, 11) is 0. The molecule has 0 aliphatic heterocycles. The van der Waals surface area contributed by atoms with E-state index in [1.54, 1.807) is 0 Å². The highest BCUT2D eigenvalue weighted by Crippen LogP contribution is 2.43. The van der Waals surface area contributed by atoms with Gasteiger partial charge in [-0.05, 0) is 30.7 Å². The molecule has 0 aliphatic rings. The fourth-order valence-electron chi connectivity index (χ4n) is 4.45. The SMILES string of the molecule is Cc1ccc2[nH]c(-c3ccccc3)c(-c3cc(-c4ccccc4)nc4ncnc(N)c34)c2c1. The molecule has 3 N–H and O–H groups in total. The first kappa shape index (κ1) is 19.2. The molecule has 33 heavy (non-hydrogen) atoms. The summed E-state index contributed by atoms with van der Waals surface area (Å²) in [6.45, 7) is 2.11. The van der Waals surface area contributed by atoms with Crippen LogP contribution in [0.4, 0.5) is 5.82 Å². The van der Waals surface area contributed by atoms with Crippen LogP contribution < -0.4 is 5.73 Å². The lowest BCUT2D eigenvalue weighted by atomic mass is 9.94. The molecule has 3 aromatic carbocycles. The standard InChI is InChI=1S/C28H21N5/c1-17-12-13-22-20(14-17)24(26(32-22)19-10-6-3-7-11-19)21-15-23(18-8-4-2-5-9-18)33-28-25(21)27(29)30-16-31-28/h2-16,32H,1H3,(H2,29,30,31,33). The number of anilines is 1. The maximum atomic E-state index is 6.41. The first-order valence-electron chi connectivity index (χ1n) is 10.8. The number of aromatic amines is 1. The second-order valence-corrected chi connectivity index (χ2v) is 8.17. The average Bonchev–Trinajstić information content (AvgIpc) is 3.23. The second-order valence-electron chi connectivity index (χ2n) is 8.17. The van der Waals surface area contributed by atoms with Gasteiger partial charge in [0.2, 0.25) is 0 Å². The van der Waals surface area contributed by atoms with Gasteiger partial charge in [-0.1, -0.05) is 72.3 Å². The number of nitrogens with one attached hydrogen (secondary N) is 1. The Kier molecular flexibility index (Phi) is 4.40. The summed E-state index contributed by atoms with van der Waals surface area (Å²) in [6, 6.07) is 29.1. The second kappa shape index (κ2) is 7.57. The van der Waals surface area contributed by atoms with Crippen LogP contribution in [0.2, 0.25) is 0 Å². The fraction of sp³-hybridized carbons (Fsp3) is 0.0357. The Bertz CT molecular complexity index is 1620. The van der Waals surface area contributed by atoms with Crippen molar-refractivity contribution >= 4 is 27.8 Å². The Morgan fingerprint density at radius 1 is 0.788 bits per heavy atom. The lowest BCUT2D eigenvalue weighted by molar-refractivity contribution is 1.19. The number of nitrogen functional groups attached to an aromatic ring is 1. The number of nitrogens with two attached hydrogens (primary N) is 1. The molecule has 0 bridgehead atoms. The molecular formula is C28H21N5. The molecular weight excluding hydrogens is 406 g/mol. The lowest BCUT2D eigenvalue weighted by Gasteiger charge is -2.13. The van der Waals surface area contributed by atoms with E-state index < -0.39 is 0 Å². The largest absolute Gasteiger partial charge is 0.383 e. The van der Waals surface area contributed by atoms with Crippen molar-refractivity contribution in [3.8, 4) is 33.6 Å². The van der Waals surface area contributed by atoms with Crippen molar-refractivity contribution in [2.75, 3.05) is 5.73 Å². The van der Waals surface area contributed by atoms with Gasteiger partial charge < -0.3 is 10.7 Å². The van der Waals surface area contributed by atoms with Crippen molar-refractivity contribution in [2.24, 2.45) is 0 Å². The topological polar surface area (TPSA) is 80.5 Å². The van der Waals surface area contributed by atoms with Crippen LogP contribution in [0.5, 0.6) is 0 Å². The first-order chi connectivity index (χ1) is 16.2. The average molecular weight is 428 g/mol. The van der Waals surface area contributed by atoms with E-state index >= 15 is 0 Å². The molecule has 158 valence electrons. The zero-order valence-electron chi connectivity index (χ0n) is 18.1. The third-order valence-corrected chi connectivity index (χ3v) is 5.99. The van der Waals surface area contributed by atoms with Crippen LogP contribution in [0.3, 0.4) is 0 Å². The molecule has 5 heteroatoms. The maximum absolute atomic E-state index is 6.41. The molecule has 3 aromatic heterocycles. The third-order valence-electron chi connectivity index (χ3n) is 5.99. The van der Waals surface area contributed by atoms with Gasteiger partial charge in [-0.2, -0.15) is 0 Å². The molecule has 6 rings (SSSR count). The molecule has 0 unspecified atom stereocenters. The maximum Gasteiger partial charge on any atom is 0.165 e. The van der Waals surface area contributed by atoms with Gasteiger partial charge in [-0.15, -0.1) is 0 Å². The fourth-order valence-corrected chi connectivity index (χ4v) is 4.45. The Hall–Kier alpha value is -4.51. The number of aryl methyl sites for hydroxylation is 1. The highest BCUT2D eigenvalue weighted by Gasteiger charge is 2.21. The van der Waals surface area contributed by atoms with Gasteiger partial charge in [0.25, 0.3) is 0 Å². The number of aromatic nitrogens is 4. The van der Waals surface area contributed by atoms with Crippen LogP contribution in [-0.4, -0.2) is 19.9 Å². The Balaban J connectivity index is 1.77. The molecule has 3 heterocycles. The van der Waals surface area contributed by atoms with Crippen LogP contribution in [0, 0.1) is 6.92 Å². The molecule has 5 nitrogen and oxygen atoms in total. The van der Waals surface area contributed by atoms with Gasteiger partial charge in [0.1, 0.15) is 12.1 Å². The van der Waals surface area contributed by atoms with Gasteiger partial charge >= 0.3 is 0 Å². The zero-order valence-corrected chi connectivity index (χ0v) is 18.1. The zero-order chi connectivity index (χ0) is 22.4. The first-order valence-corrected chi connectivity index (χ1v) is 10.8. The summed E-state index contributed by atoms with van der Waals surface area (Å²) in [4.78, 5) is 17.3. The molecule has 0 radical (unpaired) electrons.